The van der Waals surface area contributed by atoms with Crippen LogP contribution in [0.2, 0.25) is 0 Å². The third kappa shape index (κ3) is 1.61. The van der Waals surface area contributed by atoms with E-state index in [1.807, 2.05) is 6.07 Å². The maximum atomic E-state index is 9.83. The lowest BCUT2D eigenvalue weighted by molar-refractivity contribution is 0.379. The number of benzene rings is 2. The SMILES string of the molecule is N[C@]12c3cc(O)c(O)cc3CC1CSc1cc(O)ccc12. The highest BCUT2D eigenvalue weighted by atomic mass is 32.2. The molecule has 0 amide bonds. The molecule has 0 radical (unpaired) electrons. The average molecular weight is 301 g/mol. The number of phenols is 3. The lowest BCUT2D eigenvalue weighted by Gasteiger charge is -2.38. The third-order valence-electron chi connectivity index (χ3n) is 4.61. The van der Waals surface area contributed by atoms with Gasteiger partial charge in [0.1, 0.15) is 5.75 Å². The van der Waals surface area contributed by atoms with Crippen molar-refractivity contribution in [3.8, 4) is 17.2 Å². The van der Waals surface area contributed by atoms with Crippen molar-refractivity contribution in [2.24, 2.45) is 11.7 Å². The molecule has 108 valence electrons. The van der Waals surface area contributed by atoms with Gasteiger partial charge in [-0.2, -0.15) is 0 Å². The van der Waals surface area contributed by atoms with Crippen molar-refractivity contribution in [2.45, 2.75) is 16.9 Å². The zero-order chi connectivity index (χ0) is 14.8. The van der Waals surface area contributed by atoms with Crippen molar-refractivity contribution in [2.75, 3.05) is 5.75 Å². The van der Waals surface area contributed by atoms with Crippen molar-refractivity contribution in [1.29, 1.82) is 0 Å². The summed E-state index contributed by atoms with van der Waals surface area (Å²) < 4.78 is 0. The normalized spacial score (nSPS) is 26.0. The highest BCUT2D eigenvalue weighted by Gasteiger charge is 2.49. The van der Waals surface area contributed by atoms with Crippen LogP contribution in [0.15, 0.2) is 35.2 Å². The molecule has 1 aliphatic carbocycles. The number of hydrogen-bond donors (Lipinski definition) is 4. The summed E-state index contributed by atoms with van der Waals surface area (Å²) in [4.78, 5) is 0.981. The van der Waals surface area contributed by atoms with Crippen molar-refractivity contribution in [3.05, 3.63) is 47.0 Å². The Kier molecular flexibility index (Phi) is 2.50. The molecule has 0 saturated heterocycles. The van der Waals surface area contributed by atoms with Gasteiger partial charge < -0.3 is 21.1 Å². The zero-order valence-electron chi connectivity index (χ0n) is 11.2. The summed E-state index contributed by atoms with van der Waals surface area (Å²) in [6.45, 7) is 0. The van der Waals surface area contributed by atoms with E-state index < -0.39 is 5.54 Å². The predicted octanol–water partition coefficient (Wildman–Crippen LogP) is 2.28. The van der Waals surface area contributed by atoms with Gasteiger partial charge in [0, 0.05) is 10.6 Å². The summed E-state index contributed by atoms with van der Waals surface area (Å²) in [5.74, 6) is 1.06. The Morgan fingerprint density at radius 2 is 1.81 bits per heavy atom. The van der Waals surface area contributed by atoms with Crippen molar-refractivity contribution >= 4 is 11.8 Å². The summed E-state index contributed by atoms with van der Waals surface area (Å²) in [6.07, 6.45) is 0.785. The first-order chi connectivity index (χ1) is 10.00. The number of thioether (sulfide) groups is 1. The molecule has 2 atom stereocenters. The van der Waals surface area contributed by atoms with Crippen LogP contribution in [0.3, 0.4) is 0 Å². The van der Waals surface area contributed by atoms with E-state index in [9.17, 15) is 15.3 Å². The van der Waals surface area contributed by atoms with Crippen LogP contribution in [-0.4, -0.2) is 21.1 Å². The lowest BCUT2D eigenvalue weighted by Crippen LogP contribution is -2.45. The summed E-state index contributed by atoms with van der Waals surface area (Å²) in [6, 6.07) is 8.44. The Labute approximate surface area is 126 Å². The van der Waals surface area contributed by atoms with E-state index in [2.05, 4.69) is 0 Å². The molecule has 1 aliphatic heterocycles. The molecule has 4 rings (SSSR count). The molecule has 0 bridgehead atoms. The van der Waals surface area contributed by atoms with Gasteiger partial charge in [0.25, 0.3) is 0 Å². The van der Waals surface area contributed by atoms with Gasteiger partial charge >= 0.3 is 0 Å². The first-order valence-corrected chi connectivity index (χ1v) is 7.79. The Morgan fingerprint density at radius 3 is 2.62 bits per heavy atom. The van der Waals surface area contributed by atoms with Gasteiger partial charge in [-0.15, -0.1) is 11.8 Å². The monoisotopic (exact) mass is 301 g/mol. The quantitative estimate of drug-likeness (QED) is 0.561. The molecular weight excluding hydrogens is 286 g/mol. The van der Waals surface area contributed by atoms with E-state index in [0.29, 0.717) is 0 Å². The van der Waals surface area contributed by atoms with Gasteiger partial charge in [-0.1, -0.05) is 6.07 Å². The van der Waals surface area contributed by atoms with E-state index >= 15 is 0 Å². The number of hydrogen-bond acceptors (Lipinski definition) is 5. The molecular formula is C16H15NO3S. The number of nitrogens with two attached hydrogens (primary N) is 1. The number of fused-ring (bicyclic) bond motifs is 5. The van der Waals surface area contributed by atoms with Gasteiger partial charge in [-0.05, 0) is 53.3 Å². The Bertz CT molecular complexity index is 761. The molecule has 2 aliphatic rings. The molecule has 5 N–H and O–H groups in total. The Morgan fingerprint density at radius 1 is 1.05 bits per heavy atom. The standard InChI is InChI=1S/C16H15NO3S/c17-16-9(3-8-4-13(19)14(20)6-12(8)16)7-21-15-5-10(18)1-2-11(15)16/h1-2,4-6,9,18-20H,3,7,17H2/t9?,16-/m1/s1. The second-order valence-electron chi connectivity index (χ2n) is 5.76. The van der Waals surface area contributed by atoms with E-state index in [1.165, 1.54) is 0 Å². The largest absolute Gasteiger partial charge is 0.508 e. The summed E-state index contributed by atoms with van der Waals surface area (Å²) in [5.41, 5.74) is 8.93. The first kappa shape index (κ1) is 12.9. The average Bonchev–Trinajstić information content (AvgIpc) is 2.72. The van der Waals surface area contributed by atoms with Crippen LogP contribution in [0.25, 0.3) is 0 Å². The molecule has 2 aromatic rings. The van der Waals surface area contributed by atoms with Gasteiger partial charge in [0.05, 0.1) is 5.54 Å². The molecule has 0 spiro atoms. The van der Waals surface area contributed by atoms with Gasteiger partial charge in [0.2, 0.25) is 0 Å². The molecule has 1 unspecified atom stereocenters. The van der Waals surface area contributed by atoms with Crippen molar-refractivity contribution in [1.82, 2.24) is 0 Å². The first-order valence-electron chi connectivity index (χ1n) is 6.80. The minimum Gasteiger partial charge on any atom is -0.508 e. The van der Waals surface area contributed by atoms with Gasteiger partial charge in [-0.3, -0.25) is 0 Å². The number of phenolic OH excluding ortho intramolecular Hbond substituents is 3. The highest BCUT2D eigenvalue weighted by Crippen LogP contribution is 2.54. The predicted molar refractivity (Wildman–Crippen MR) is 80.8 cm³/mol. The fourth-order valence-electron chi connectivity index (χ4n) is 3.54. The van der Waals surface area contributed by atoms with E-state index in [4.69, 9.17) is 5.73 Å². The van der Waals surface area contributed by atoms with Crippen LogP contribution in [0, 0.1) is 5.92 Å². The number of rotatable bonds is 0. The summed E-state index contributed by atoms with van der Waals surface area (Å²) in [7, 11) is 0. The minimum absolute atomic E-state index is 0.102. The van der Waals surface area contributed by atoms with Crippen LogP contribution in [0.5, 0.6) is 17.2 Å². The fraction of sp³-hybridized carbons (Fsp3) is 0.250. The second-order valence-corrected chi connectivity index (χ2v) is 6.82. The molecule has 2 aromatic carbocycles. The minimum atomic E-state index is -0.672. The zero-order valence-corrected chi connectivity index (χ0v) is 12.0. The van der Waals surface area contributed by atoms with Crippen LogP contribution in [0.1, 0.15) is 16.7 Å². The van der Waals surface area contributed by atoms with Crippen molar-refractivity contribution < 1.29 is 15.3 Å². The van der Waals surface area contributed by atoms with Crippen molar-refractivity contribution in [3.63, 3.8) is 0 Å². The van der Waals surface area contributed by atoms with Gasteiger partial charge in [-0.25, -0.2) is 0 Å². The lowest BCUT2D eigenvalue weighted by atomic mass is 9.78. The van der Waals surface area contributed by atoms with Gasteiger partial charge in [0.15, 0.2) is 11.5 Å². The Balaban J connectivity index is 1.98. The van der Waals surface area contributed by atoms with E-state index in [0.717, 1.165) is 33.8 Å². The smallest absolute Gasteiger partial charge is 0.157 e. The number of aromatic hydroxyl groups is 3. The molecule has 0 fully saturated rings. The van der Waals surface area contributed by atoms with E-state index in [-0.39, 0.29) is 23.2 Å². The van der Waals surface area contributed by atoms with Crippen LogP contribution in [-0.2, 0) is 12.0 Å². The Hall–Kier alpha value is -1.85. The highest BCUT2D eigenvalue weighted by molar-refractivity contribution is 7.99. The topological polar surface area (TPSA) is 86.7 Å². The molecule has 1 heterocycles. The van der Waals surface area contributed by atoms with Crippen LogP contribution >= 0.6 is 11.8 Å². The molecule has 4 nitrogen and oxygen atoms in total. The third-order valence-corrected chi connectivity index (χ3v) is 5.83. The summed E-state index contributed by atoms with van der Waals surface area (Å²) >= 11 is 1.69. The molecule has 5 heteroatoms. The molecule has 0 saturated carbocycles. The second kappa shape index (κ2) is 4.08. The van der Waals surface area contributed by atoms with Crippen LogP contribution < -0.4 is 5.73 Å². The molecule has 0 aromatic heterocycles. The van der Waals surface area contributed by atoms with E-state index in [1.54, 1.807) is 36.0 Å². The summed E-state index contributed by atoms with van der Waals surface area (Å²) in [5, 5.41) is 29.2. The molecule has 21 heavy (non-hydrogen) atoms. The van der Waals surface area contributed by atoms with Crippen LogP contribution in [0.4, 0.5) is 0 Å². The fourth-order valence-corrected chi connectivity index (χ4v) is 4.90. The maximum absolute atomic E-state index is 9.83. The maximum Gasteiger partial charge on any atom is 0.157 e.